The van der Waals surface area contributed by atoms with E-state index in [0.29, 0.717) is 12.1 Å². The Morgan fingerprint density at radius 1 is 0.943 bits per heavy atom. The molecule has 1 fully saturated rings. The number of alkyl halides is 3. The van der Waals surface area contributed by atoms with Crippen molar-refractivity contribution in [3.63, 3.8) is 0 Å². The predicted octanol–water partition coefficient (Wildman–Crippen LogP) is 4.99. The lowest BCUT2D eigenvalue weighted by atomic mass is 10.1. The van der Waals surface area contributed by atoms with Crippen LogP contribution in [0.1, 0.15) is 28.8 Å². The fourth-order valence-corrected chi connectivity index (χ4v) is 3.54. The van der Waals surface area contributed by atoms with Gasteiger partial charge in [-0.15, -0.1) is 0 Å². The van der Waals surface area contributed by atoms with Crippen molar-refractivity contribution in [1.82, 2.24) is 10.3 Å². The molecule has 3 N–H and O–H groups in total. The van der Waals surface area contributed by atoms with E-state index in [9.17, 15) is 18.0 Å². The topological polar surface area (TPSA) is 94.6 Å². The van der Waals surface area contributed by atoms with Gasteiger partial charge in [-0.2, -0.15) is 13.2 Å². The molecule has 10 heteroatoms. The van der Waals surface area contributed by atoms with Crippen LogP contribution in [0.2, 0.25) is 0 Å². The molecule has 0 unspecified atom stereocenters. The summed E-state index contributed by atoms with van der Waals surface area (Å²) in [6.45, 7) is 2.70. The van der Waals surface area contributed by atoms with Gasteiger partial charge in [0.2, 0.25) is 0 Å². The van der Waals surface area contributed by atoms with Crippen molar-refractivity contribution in [2.75, 3.05) is 23.3 Å². The van der Waals surface area contributed by atoms with E-state index in [0.717, 1.165) is 30.0 Å². The molecule has 0 atom stereocenters. The summed E-state index contributed by atoms with van der Waals surface area (Å²) >= 11 is 0. The van der Waals surface area contributed by atoms with Crippen LogP contribution in [0.4, 0.5) is 30.2 Å². The van der Waals surface area contributed by atoms with Crippen LogP contribution < -0.4 is 15.5 Å². The maximum Gasteiger partial charge on any atom is 0.490 e. The number of carboxylic acid groups (broad SMARTS) is 1. The zero-order chi connectivity index (χ0) is 25.3. The third-order valence-corrected chi connectivity index (χ3v) is 5.21. The normalized spacial score (nSPS) is 12.9. The number of hydrogen-bond donors (Lipinski definition) is 3. The predicted molar refractivity (Wildman–Crippen MR) is 127 cm³/mol. The van der Waals surface area contributed by atoms with Crippen molar-refractivity contribution in [2.24, 2.45) is 0 Å². The maximum absolute atomic E-state index is 12.7. The number of nitrogens with zero attached hydrogens (tertiary/aromatic N) is 2. The summed E-state index contributed by atoms with van der Waals surface area (Å²) < 4.78 is 31.7. The van der Waals surface area contributed by atoms with Crippen LogP contribution in [-0.4, -0.2) is 41.2 Å². The molecule has 0 spiro atoms. The van der Waals surface area contributed by atoms with E-state index < -0.39 is 12.1 Å². The summed E-state index contributed by atoms with van der Waals surface area (Å²) in [5.41, 5.74) is 4.83. The van der Waals surface area contributed by atoms with Crippen LogP contribution in [0.15, 0.2) is 73.1 Å². The first-order valence-corrected chi connectivity index (χ1v) is 10.9. The second-order valence-corrected chi connectivity index (χ2v) is 7.75. The average Bonchev–Trinajstić information content (AvgIpc) is 3.38. The average molecular weight is 486 g/mol. The number of anilines is 3. The molecule has 1 amide bonds. The number of amides is 1. The minimum atomic E-state index is -5.08. The minimum absolute atomic E-state index is 0.0744. The van der Waals surface area contributed by atoms with Crippen LogP contribution in [0, 0.1) is 0 Å². The first-order valence-electron chi connectivity index (χ1n) is 10.9. The molecule has 2 heterocycles. The Labute approximate surface area is 200 Å². The van der Waals surface area contributed by atoms with Crippen molar-refractivity contribution in [2.45, 2.75) is 25.6 Å². The molecule has 2 aromatic carbocycles. The zero-order valence-corrected chi connectivity index (χ0v) is 18.8. The Kier molecular flexibility index (Phi) is 8.66. The Hall–Kier alpha value is -4.08. The number of benzene rings is 2. The van der Waals surface area contributed by atoms with Gasteiger partial charge in [0.1, 0.15) is 0 Å². The molecular weight excluding hydrogens is 461 g/mol. The molecule has 0 bridgehead atoms. The highest BCUT2D eigenvalue weighted by atomic mass is 19.4. The van der Waals surface area contributed by atoms with Gasteiger partial charge in [0, 0.05) is 54.7 Å². The lowest BCUT2D eigenvalue weighted by Gasteiger charge is -2.21. The molecule has 35 heavy (non-hydrogen) atoms. The molecular formula is C25H25F3N4O3. The van der Waals surface area contributed by atoms with Gasteiger partial charge in [-0.3, -0.25) is 9.78 Å². The van der Waals surface area contributed by atoms with Crippen LogP contribution in [0.25, 0.3) is 0 Å². The van der Waals surface area contributed by atoms with Crippen molar-refractivity contribution >= 4 is 28.9 Å². The Morgan fingerprint density at radius 3 is 2.26 bits per heavy atom. The number of carbonyl (C=O) groups excluding carboxylic acids is 1. The van der Waals surface area contributed by atoms with Gasteiger partial charge in [0.25, 0.3) is 5.91 Å². The standard InChI is InChI=1S/C23H24N4O.C2HF3O2/c28-23(18-7-5-8-21(16-18)26-20-10-12-24-13-11-20)25-17-19-6-1-2-9-22(19)27-14-3-4-15-27;3-2(4,5)1(6)7/h1-2,5-13,16H,3-4,14-15,17H2,(H,24,26)(H,25,28);(H,6,7). The van der Waals surface area contributed by atoms with E-state index in [4.69, 9.17) is 9.90 Å². The second kappa shape index (κ2) is 11.9. The van der Waals surface area contributed by atoms with Crippen molar-refractivity contribution < 1.29 is 27.9 Å². The summed E-state index contributed by atoms with van der Waals surface area (Å²) in [4.78, 5) is 28.0. The highest BCUT2D eigenvalue weighted by Crippen LogP contribution is 2.24. The summed E-state index contributed by atoms with van der Waals surface area (Å²) in [7, 11) is 0. The van der Waals surface area contributed by atoms with E-state index in [2.05, 4.69) is 38.7 Å². The lowest BCUT2D eigenvalue weighted by molar-refractivity contribution is -0.192. The summed E-state index contributed by atoms with van der Waals surface area (Å²) in [6.07, 6.45) is 0.851. The summed E-state index contributed by atoms with van der Waals surface area (Å²) in [5, 5.41) is 13.5. The Balaban J connectivity index is 0.000000429. The SMILES string of the molecule is O=C(NCc1ccccc1N1CCCC1)c1cccc(Nc2ccncc2)c1.O=C(O)C(F)(F)F. The fourth-order valence-electron chi connectivity index (χ4n) is 3.54. The molecule has 4 rings (SSSR count). The molecule has 1 saturated heterocycles. The molecule has 0 aliphatic carbocycles. The van der Waals surface area contributed by atoms with E-state index >= 15 is 0 Å². The molecule has 184 valence electrons. The Morgan fingerprint density at radius 2 is 1.60 bits per heavy atom. The first kappa shape index (κ1) is 25.5. The lowest BCUT2D eigenvalue weighted by Crippen LogP contribution is -2.25. The van der Waals surface area contributed by atoms with E-state index in [1.54, 1.807) is 12.4 Å². The number of pyridine rings is 1. The van der Waals surface area contributed by atoms with Gasteiger partial charge in [0.05, 0.1) is 0 Å². The van der Waals surface area contributed by atoms with Gasteiger partial charge >= 0.3 is 12.1 Å². The number of halogens is 3. The van der Waals surface area contributed by atoms with Crippen LogP contribution in [0.3, 0.4) is 0 Å². The van der Waals surface area contributed by atoms with Crippen molar-refractivity contribution in [3.8, 4) is 0 Å². The number of aliphatic carboxylic acids is 1. The van der Waals surface area contributed by atoms with Crippen LogP contribution in [0.5, 0.6) is 0 Å². The number of hydrogen-bond acceptors (Lipinski definition) is 5. The molecule has 1 aliphatic heterocycles. The minimum Gasteiger partial charge on any atom is -0.475 e. The zero-order valence-electron chi connectivity index (χ0n) is 18.8. The number of nitrogens with one attached hydrogen (secondary N) is 2. The number of rotatable bonds is 6. The van der Waals surface area contributed by atoms with Crippen LogP contribution in [-0.2, 0) is 11.3 Å². The largest absolute Gasteiger partial charge is 0.490 e. The second-order valence-electron chi connectivity index (χ2n) is 7.75. The number of para-hydroxylation sites is 1. The van der Waals surface area contributed by atoms with E-state index in [-0.39, 0.29) is 5.91 Å². The van der Waals surface area contributed by atoms with Gasteiger partial charge in [0.15, 0.2) is 0 Å². The van der Waals surface area contributed by atoms with Crippen LogP contribution >= 0.6 is 0 Å². The van der Waals surface area contributed by atoms with Gasteiger partial charge < -0.3 is 20.6 Å². The third-order valence-electron chi connectivity index (χ3n) is 5.21. The van der Waals surface area contributed by atoms with Gasteiger partial charge in [-0.05, 0) is 54.8 Å². The van der Waals surface area contributed by atoms with Gasteiger partial charge in [-0.1, -0.05) is 24.3 Å². The van der Waals surface area contributed by atoms with Crippen molar-refractivity contribution in [3.05, 3.63) is 84.2 Å². The molecule has 1 aromatic heterocycles. The molecule has 7 nitrogen and oxygen atoms in total. The third kappa shape index (κ3) is 7.73. The Bertz CT molecular complexity index is 1130. The first-order chi connectivity index (χ1) is 16.7. The smallest absolute Gasteiger partial charge is 0.475 e. The summed E-state index contributed by atoms with van der Waals surface area (Å²) in [6, 6.07) is 19.6. The van der Waals surface area contributed by atoms with E-state index in [1.807, 2.05) is 42.5 Å². The van der Waals surface area contributed by atoms with Gasteiger partial charge in [-0.25, -0.2) is 4.79 Å². The molecule has 0 saturated carbocycles. The molecule has 3 aromatic rings. The summed E-state index contributed by atoms with van der Waals surface area (Å²) in [5.74, 6) is -2.83. The fraction of sp³-hybridized carbons (Fsp3) is 0.240. The van der Waals surface area contributed by atoms with Crippen molar-refractivity contribution in [1.29, 1.82) is 0 Å². The monoisotopic (exact) mass is 486 g/mol. The highest BCUT2D eigenvalue weighted by Gasteiger charge is 2.38. The maximum atomic E-state index is 12.7. The number of aromatic nitrogens is 1. The van der Waals surface area contributed by atoms with E-state index in [1.165, 1.54) is 18.5 Å². The number of carboxylic acids is 1. The molecule has 0 radical (unpaired) electrons. The highest BCUT2D eigenvalue weighted by molar-refractivity contribution is 5.95. The number of carbonyl (C=O) groups is 2. The molecule has 1 aliphatic rings. The quantitative estimate of drug-likeness (QED) is 0.455.